The molecule has 0 saturated heterocycles. The molecule has 96 valence electrons. The Morgan fingerprint density at radius 2 is 1.89 bits per heavy atom. The normalized spacial score (nSPS) is 11.8. The number of nitrogens with one attached hydrogen (secondary N) is 1. The Hall–Kier alpha value is -1.61. The van der Waals surface area contributed by atoms with Crippen molar-refractivity contribution in [1.29, 1.82) is 0 Å². The summed E-state index contributed by atoms with van der Waals surface area (Å²) in [6, 6.07) is 10.4. The molecule has 1 aromatic carbocycles. The van der Waals surface area contributed by atoms with Gasteiger partial charge in [0.05, 0.1) is 11.4 Å². The SMILES string of the molecule is Cc1ccn(-c2ccccc2CNC(C)(C)C)n1. The van der Waals surface area contributed by atoms with Crippen LogP contribution < -0.4 is 5.32 Å². The second kappa shape index (κ2) is 4.94. The first kappa shape index (κ1) is 12.8. The predicted octanol–water partition coefficient (Wildman–Crippen LogP) is 3.07. The summed E-state index contributed by atoms with van der Waals surface area (Å²) in [5.74, 6) is 0. The standard InChI is InChI=1S/C15H21N3/c1-12-9-10-18(17-12)14-8-6-5-7-13(14)11-16-15(2,3)4/h5-10,16H,11H2,1-4H3. The molecule has 0 bridgehead atoms. The third kappa shape index (κ3) is 3.20. The Labute approximate surface area is 109 Å². The molecule has 18 heavy (non-hydrogen) atoms. The average molecular weight is 243 g/mol. The van der Waals surface area contributed by atoms with Crippen molar-refractivity contribution < 1.29 is 0 Å². The number of para-hydroxylation sites is 1. The van der Waals surface area contributed by atoms with Gasteiger partial charge in [0.2, 0.25) is 0 Å². The van der Waals surface area contributed by atoms with Crippen LogP contribution in [-0.4, -0.2) is 15.3 Å². The topological polar surface area (TPSA) is 29.9 Å². The molecule has 2 rings (SSSR count). The minimum absolute atomic E-state index is 0.118. The molecule has 0 aliphatic carbocycles. The van der Waals surface area contributed by atoms with Crippen LogP contribution in [0.5, 0.6) is 0 Å². The average Bonchev–Trinajstić information content (AvgIpc) is 2.72. The van der Waals surface area contributed by atoms with Gasteiger partial charge in [0.15, 0.2) is 0 Å². The highest BCUT2D eigenvalue weighted by Gasteiger charge is 2.11. The van der Waals surface area contributed by atoms with Crippen LogP contribution in [0, 0.1) is 6.92 Å². The fourth-order valence-corrected chi connectivity index (χ4v) is 1.79. The number of hydrogen-bond acceptors (Lipinski definition) is 2. The molecule has 0 aliphatic heterocycles. The molecule has 3 nitrogen and oxygen atoms in total. The molecule has 0 fully saturated rings. The van der Waals surface area contributed by atoms with Crippen LogP contribution in [0.25, 0.3) is 5.69 Å². The van der Waals surface area contributed by atoms with Crippen molar-refractivity contribution >= 4 is 0 Å². The Balaban J connectivity index is 2.26. The van der Waals surface area contributed by atoms with Gasteiger partial charge < -0.3 is 5.32 Å². The van der Waals surface area contributed by atoms with E-state index >= 15 is 0 Å². The Morgan fingerprint density at radius 1 is 1.17 bits per heavy atom. The first-order chi connectivity index (χ1) is 8.46. The van der Waals surface area contributed by atoms with Crippen LogP contribution >= 0.6 is 0 Å². The summed E-state index contributed by atoms with van der Waals surface area (Å²) in [6.45, 7) is 9.38. The van der Waals surface area contributed by atoms with E-state index in [1.807, 2.05) is 29.9 Å². The monoisotopic (exact) mass is 243 g/mol. The summed E-state index contributed by atoms with van der Waals surface area (Å²) in [5, 5.41) is 7.99. The van der Waals surface area contributed by atoms with Crippen LogP contribution in [0.1, 0.15) is 32.0 Å². The minimum Gasteiger partial charge on any atom is -0.308 e. The third-order valence-corrected chi connectivity index (χ3v) is 2.77. The maximum absolute atomic E-state index is 4.47. The van der Waals surface area contributed by atoms with Gasteiger partial charge in [0, 0.05) is 18.3 Å². The van der Waals surface area contributed by atoms with Crippen molar-refractivity contribution in [2.24, 2.45) is 0 Å². The summed E-state index contributed by atoms with van der Waals surface area (Å²) in [5.41, 5.74) is 3.55. The molecule has 1 heterocycles. The molecule has 1 N–H and O–H groups in total. The highest BCUT2D eigenvalue weighted by atomic mass is 15.3. The molecule has 0 saturated carbocycles. The van der Waals surface area contributed by atoms with Gasteiger partial charge in [-0.3, -0.25) is 0 Å². The molecule has 0 unspecified atom stereocenters. The van der Waals surface area contributed by atoms with Crippen molar-refractivity contribution in [3.8, 4) is 5.69 Å². The lowest BCUT2D eigenvalue weighted by Crippen LogP contribution is -2.35. The van der Waals surface area contributed by atoms with E-state index in [0.717, 1.165) is 17.9 Å². The highest BCUT2D eigenvalue weighted by Crippen LogP contribution is 2.15. The van der Waals surface area contributed by atoms with E-state index in [4.69, 9.17) is 0 Å². The van der Waals surface area contributed by atoms with Crippen LogP contribution in [0.15, 0.2) is 36.5 Å². The molecular weight excluding hydrogens is 222 g/mol. The van der Waals surface area contributed by atoms with Crippen LogP contribution in [0.2, 0.25) is 0 Å². The smallest absolute Gasteiger partial charge is 0.0690 e. The maximum atomic E-state index is 4.47. The van der Waals surface area contributed by atoms with Crippen molar-refractivity contribution in [2.75, 3.05) is 0 Å². The Bertz CT molecular complexity index is 521. The van der Waals surface area contributed by atoms with Crippen LogP contribution in [0.3, 0.4) is 0 Å². The van der Waals surface area contributed by atoms with Crippen LogP contribution in [0.4, 0.5) is 0 Å². The zero-order valence-electron chi connectivity index (χ0n) is 11.6. The van der Waals surface area contributed by atoms with E-state index in [1.54, 1.807) is 0 Å². The molecule has 2 aromatic rings. The second-order valence-corrected chi connectivity index (χ2v) is 5.63. The van der Waals surface area contributed by atoms with Gasteiger partial charge in [0.25, 0.3) is 0 Å². The number of rotatable bonds is 3. The number of benzene rings is 1. The van der Waals surface area contributed by atoms with E-state index in [9.17, 15) is 0 Å². The second-order valence-electron chi connectivity index (χ2n) is 5.63. The molecule has 0 radical (unpaired) electrons. The van der Waals surface area contributed by atoms with E-state index in [2.05, 4.69) is 49.4 Å². The summed E-state index contributed by atoms with van der Waals surface area (Å²) in [7, 11) is 0. The zero-order valence-corrected chi connectivity index (χ0v) is 11.6. The summed E-state index contributed by atoms with van der Waals surface area (Å²) >= 11 is 0. The third-order valence-electron chi connectivity index (χ3n) is 2.77. The Morgan fingerprint density at radius 3 is 2.50 bits per heavy atom. The molecule has 1 aromatic heterocycles. The Kier molecular flexibility index (Phi) is 3.53. The molecule has 3 heteroatoms. The lowest BCUT2D eigenvalue weighted by Gasteiger charge is -2.21. The maximum Gasteiger partial charge on any atom is 0.0690 e. The highest BCUT2D eigenvalue weighted by molar-refractivity contribution is 5.40. The molecule has 0 atom stereocenters. The zero-order chi connectivity index (χ0) is 13.2. The molecule has 0 amide bonds. The van der Waals surface area contributed by atoms with Gasteiger partial charge in [0.1, 0.15) is 0 Å². The number of aryl methyl sites for hydroxylation is 1. The lowest BCUT2D eigenvalue weighted by molar-refractivity contribution is 0.424. The molecular formula is C15H21N3. The van der Waals surface area contributed by atoms with Crippen molar-refractivity contribution in [2.45, 2.75) is 39.8 Å². The van der Waals surface area contributed by atoms with Gasteiger partial charge in [-0.1, -0.05) is 18.2 Å². The lowest BCUT2D eigenvalue weighted by atomic mass is 10.1. The number of aromatic nitrogens is 2. The van der Waals surface area contributed by atoms with Crippen molar-refractivity contribution in [3.05, 3.63) is 47.8 Å². The predicted molar refractivity (Wildman–Crippen MR) is 74.9 cm³/mol. The minimum atomic E-state index is 0.118. The molecule has 0 aliphatic rings. The van der Waals surface area contributed by atoms with E-state index in [0.29, 0.717) is 0 Å². The van der Waals surface area contributed by atoms with E-state index < -0.39 is 0 Å². The van der Waals surface area contributed by atoms with E-state index in [-0.39, 0.29) is 5.54 Å². The largest absolute Gasteiger partial charge is 0.308 e. The van der Waals surface area contributed by atoms with Crippen molar-refractivity contribution in [1.82, 2.24) is 15.1 Å². The first-order valence-electron chi connectivity index (χ1n) is 6.31. The fraction of sp³-hybridized carbons (Fsp3) is 0.400. The van der Waals surface area contributed by atoms with Crippen LogP contribution in [-0.2, 0) is 6.54 Å². The molecule has 0 spiro atoms. The van der Waals surface area contributed by atoms with Gasteiger partial charge in [-0.25, -0.2) is 4.68 Å². The first-order valence-corrected chi connectivity index (χ1v) is 6.31. The van der Waals surface area contributed by atoms with Gasteiger partial charge in [-0.05, 0) is 45.4 Å². The fourth-order valence-electron chi connectivity index (χ4n) is 1.79. The quantitative estimate of drug-likeness (QED) is 0.898. The van der Waals surface area contributed by atoms with E-state index in [1.165, 1.54) is 5.56 Å². The van der Waals surface area contributed by atoms with Gasteiger partial charge >= 0.3 is 0 Å². The summed E-state index contributed by atoms with van der Waals surface area (Å²) in [6.07, 6.45) is 2.01. The van der Waals surface area contributed by atoms with Gasteiger partial charge in [-0.15, -0.1) is 0 Å². The summed E-state index contributed by atoms with van der Waals surface area (Å²) in [4.78, 5) is 0. The number of nitrogens with zero attached hydrogens (tertiary/aromatic N) is 2. The van der Waals surface area contributed by atoms with Crippen molar-refractivity contribution in [3.63, 3.8) is 0 Å². The number of hydrogen-bond donors (Lipinski definition) is 1. The summed E-state index contributed by atoms with van der Waals surface area (Å²) < 4.78 is 1.94. The van der Waals surface area contributed by atoms with Gasteiger partial charge in [-0.2, -0.15) is 5.10 Å².